The van der Waals surface area contributed by atoms with Crippen LogP contribution in [-0.2, 0) is 11.8 Å². The zero-order chi connectivity index (χ0) is 12.8. The quantitative estimate of drug-likeness (QED) is 0.827. The van der Waals surface area contributed by atoms with Crippen LogP contribution in [0, 0.1) is 5.41 Å². The van der Waals surface area contributed by atoms with Crippen LogP contribution in [0.4, 0.5) is 0 Å². The summed E-state index contributed by atoms with van der Waals surface area (Å²) in [7, 11) is 2.06. The van der Waals surface area contributed by atoms with Crippen LogP contribution in [0.15, 0.2) is 12.5 Å². The Balaban J connectivity index is 1.94. The summed E-state index contributed by atoms with van der Waals surface area (Å²) in [5.41, 5.74) is 1.60. The number of aromatic nitrogens is 2. The summed E-state index contributed by atoms with van der Waals surface area (Å²) >= 11 is 0. The van der Waals surface area contributed by atoms with Crippen molar-refractivity contribution >= 4 is 0 Å². The van der Waals surface area contributed by atoms with E-state index in [1.165, 1.54) is 12.1 Å². The molecule has 2 aliphatic rings. The number of nitrogens with one attached hydrogen (secondary N) is 1. The van der Waals surface area contributed by atoms with Gasteiger partial charge in [0.15, 0.2) is 0 Å². The largest absolute Gasteiger partial charge is 0.372 e. The maximum Gasteiger partial charge on any atom is 0.0946 e. The lowest BCUT2D eigenvalue weighted by Crippen LogP contribution is -2.51. The number of aryl methyl sites for hydroxylation is 1. The lowest BCUT2D eigenvalue weighted by molar-refractivity contribution is -0.100. The lowest BCUT2D eigenvalue weighted by atomic mass is 9.83. The van der Waals surface area contributed by atoms with E-state index in [1.54, 1.807) is 0 Å². The number of ether oxygens (including phenoxy) is 1. The normalized spacial score (nSPS) is 35.2. The Labute approximate surface area is 109 Å². The predicted octanol–water partition coefficient (Wildman–Crippen LogP) is 2.03. The smallest absolute Gasteiger partial charge is 0.0946 e. The number of morpholine rings is 1. The Morgan fingerprint density at radius 1 is 1.44 bits per heavy atom. The van der Waals surface area contributed by atoms with Crippen LogP contribution in [0.25, 0.3) is 0 Å². The molecule has 1 N–H and O–H groups in total. The van der Waals surface area contributed by atoms with Crippen LogP contribution in [0.2, 0.25) is 0 Å². The summed E-state index contributed by atoms with van der Waals surface area (Å²) in [6, 6.07) is 0.278. The number of imidazole rings is 1. The molecule has 0 radical (unpaired) electrons. The first-order valence-electron chi connectivity index (χ1n) is 6.86. The van der Waals surface area contributed by atoms with E-state index in [0.29, 0.717) is 5.41 Å². The van der Waals surface area contributed by atoms with Crippen molar-refractivity contribution in [2.45, 2.75) is 44.8 Å². The average Bonchev–Trinajstić information content (AvgIpc) is 2.85. The van der Waals surface area contributed by atoms with E-state index in [9.17, 15) is 0 Å². The topological polar surface area (TPSA) is 39.1 Å². The molecule has 1 aliphatic heterocycles. The molecule has 0 bridgehead atoms. The summed E-state index contributed by atoms with van der Waals surface area (Å²) in [5, 5.41) is 3.65. The molecule has 1 spiro atoms. The molecule has 1 aromatic heterocycles. The molecule has 4 heteroatoms. The number of nitrogens with zero attached hydrogens (tertiary/aromatic N) is 2. The van der Waals surface area contributed by atoms with E-state index < -0.39 is 0 Å². The van der Waals surface area contributed by atoms with Gasteiger partial charge in [-0.15, -0.1) is 0 Å². The van der Waals surface area contributed by atoms with Gasteiger partial charge in [-0.1, -0.05) is 13.8 Å². The summed E-state index contributed by atoms with van der Waals surface area (Å²) in [5.74, 6) is 0. The van der Waals surface area contributed by atoms with Gasteiger partial charge in [-0.2, -0.15) is 0 Å². The molecule has 2 atom stereocenters. The minimum Gasteiger partial charge on any atom is -0.372 e. The third kappa shape index (κ3) is 1.88. The van der Waals surface area contributed by atoms with Gasteiger partial charge < -0.3 is 14.6 Å². The summed E-state index contributed by atoms with van der Waals surface area (Å²) in [4.78, 5) is 4.26. The Bertz CT molecular complexity index is 440. The molecule has 2 fully saturated rings. The molecule has 18 heavy (non-hydrogen) atoms. The van der Waals surface area contributed by atoms with Crippen molar-refractivity contribution in [3.63, 3.8) is 0 Å². The van der Waals surface area contributed by atoms with Crippen LogP contribution in [0.1, 0.15) is 44.8 Å². The van der Waals surface area contributed by atoms with Gasteiger partial charge in [0.2, 0.25) is 0 Å². The average molecular weight is 249 g/mol. The van der Waals surface area contributed by atoms with Gasteiger partial charge in [0.25, 0.3) is 0 Å². The van der Waals surface area contributed by atoms with E-state index in [-0.39, 0.29) is 11.6 Å². The SMILES string of the molecule is Cn1cncc1C1NCCOC12CCC(C)(C)C2. The van der Waals surface area contributed by atoms with Gasteiger partial charge in [-0.25, -0.2) is 4.98 Å². The molecule has 1 aromatic rings. The summed E-state index contributed by atoms with van der Waals surface area (Å²) in [6.45, 7) is 6.45. The van der Waals surface area contributed by atoms with Crippen LogP contribution < -0.4 is 5.32 Å². The first-order chi connectivity index (χ1) is 8.53. The van der Waals surface area contributed by atoms with E-state index >= 15 is 0 Å². The molecule has 1 saturated heterocycles. The van der Waals surface area contributed by atoms with Crippen molar-refractivity contribution in [1.29, 1.82) is 0 Å². The molecule has 2 unspecified atom stereocenters. The second kappa shape index (κ2) is 4.07. The molecule has 1 aliphatic carbocycles. The van der Waals surface area contributed by atoms with E-state index in [1.807, 2.05) is 12.5 Å². The van der Waals surface area contributed by atoms with Gasteiger partial charge >= 0.3 is 0 Å². The van der Waals surface area contributed by atoms with Crippen molar-refractivity contribution in [1.82, 2.24) is 14.9 Å². The highest BCUT2D eigenvalue weighted by Crippen LogP contribution is 2.51. The van der Waals surface area contributed by atoms with Crippen molar-refractivity contribution in [2.75, 3.05) is 13.2 Å². The van der Waals surface area contributed by atoms with E-state index in [2.05, 4.69) is 35.8 Å². The fourth-order valence-electron chi connectivity index (χ4n) is 3.65. The molecule has 3 rings (SSSR count). The molecule has 4 nitrogen and oxygen atoms in total. The standard InChI is InChI=1S/C14H23N3O/c1-13(2)4-5-14(9-13)12(16-6-7-18-14)11-8-15-10-17(11)3/h8,10,12,16H,4-7,9H2,1-3H3. The molecule has 100 valence electrons. The molecular weight excluding hydrogens is 226 g/mol. The fourth-order valence-corrected chi connectivity index (χ4v) is 3.65. The van der Waals surface area contributed by atoms with E-state index in [0.717, 1.165) is 26.0 Å². The Hall–Kier alpha value is -0.870. The Morgan fingerprint density at radius 2 is 2.28 bits per heavy atom. The van der Waals surface area contributed by atoms with Crippen LogP contribution in [0.5, 0.6) is 0 Å². The van der Waals surface area contributed by atoms with Crippen LogP contribution in [-0.4, -0.2) is 28.3 Å². The molecular formula is C14H23N3O. The monoisotopic (exact) mass is 249 g/mol. The van der Waals surface area contributed by atoms with Crippen LogP contribution >= 0.6 is 0 Å². The highest BCUT2D eigenvalue weighted by Gasteiger charge is 2.51. The van der Waals surface area contributed by atoms with Gasteiger partial charge in [0.1, 0.15) is 0 Å². The van der Waals surface area contributed by atoms with Crippen LogP contribution in [0.3, 0.4) is 0 Å². The third-order valence-electron chi connectivity index (χ3n) is 4.52. The first kappa shape index (κ1) is 12.2. The minimum atomic E-state index is -0.0322. The highest BCUT2D eigenvalue weighted by atomic mass is 16.5. The predicted molar refractivity (Wildman–Crippen MR) is 70.3 cm³/mol. The Morgan fingerprint density at radius 3 is 2.89 bits per heavy atom. The van der Waals surface area contributed by atoms with Crippen molar-refractivity contribution < 1.29 is 4.74 Å². The zero-order valence-corrected chi connectivity index (χ0v) is 11.6. The summed E-state index contributed by atoms with van der Waals surface area (Å²) in [6.07, 6.45) is 7.35. The van der Waals surface area contributed by atoms with Gasteiger partial charge in [-0.05, 0) is 24.7 Å². The molecule has 0 aromatic carbocycles. The zero-order valence-electron chi connectivity index (χ0n) is 11.6. The van der Waals surface area contributed by atoms with Gasteiger partial charge in [-0.3, -0.25) is 0 Å². The molecule has 0 amide bonds. The first-order valence-corrected chi connectivity index (χ1v) is 6.86. The minimum absolute atomic E-state index is 0.0322. The van der Waals surface area contributed by atoms with Crippen molar-refractivity contribution in [3.05, 3.63) is 18.2 Å². The Kier molecular flexibility index (Phi) is 2.75. The maximum absolute atomic E-state index is 6.25. The molecule has 2 heterocycles. The summed E-state index contributed by atoms with van der Waals surface area (Å²) < 4.78 is 8.36. The second-order valence-corrected chi connectivity index (χ2v) is 6.57. The third-order valence-corrected chi connectivity index (χ3v) is 4.52. The van der Waals surface area contributed by atoms with Crippen molar-refractivity contribution in [2.24, 2.45) is 12.5 Å². The maximum atomic E-state index is 6.25. The highest BCUT2D eigenvalue weighted by molar-refractivity contribution is 5.16. The number of hydrogen-bond donors (Lipinski definition) is 1. The van der Waals surface area contributed by atoms with E-state index in [4.69, 9.17) is 4.74 Å². The van der Waals surface area contributed by atoms with Crippen molar-refractivity contribution in [3.8, 4) is 0 Å². The molecule has 1 saturated carbocycles. The number of hydrogen-bond acceptors (Lipinski definition) is 3. The second-order valence-electron chi connectivity index (χ2n) is 6.57. The van der Waals surface area contributed by atoms with Gasteiger partial charge in [0, 0.05) is 19.8 Å². The fraction of sp³-hybridized carbons (Fsp3) is 0.786. The van der Waals surface area contributed by atoms with Gasteiger partial charge in [0.05, 0.1) is 30.3 Å². The lowest BCUT2D eigenvalue weighted by Gasteiger charge is -2.43. The number of rotatable bonds is 1.